The van der Waals surface area contributed by atoms with Crippen LogP contribution in [0.15, 0.2) is 83.7 Å². The van der Waals surface area contributed by atoms with Crippen LogP contribution < -0.4 is 32.3 Å². The second kappa shape index (κ2) is 17.0. The number of likely N-dealkylation sites (tertiary alicyclic amines) is 1. The van der Waals surface area contributed by atoms with Crippen molar-refractivity contribution in [1.82, 2.24) is 24.7 Å². The maximum absolute atomic E-state index is 16.3. The first-order valence-corrected chi connectivity index (χ1v) is 23.4. The Bertz CT molecular complexity index is 2890. The van der Waals surface area contributed by atoms with E-state index in [4.69, 9.17) is 23.2 Å². The van der Waals surface area contributed by atoms with Crippen molar-refractivity contribution in [3.05, 3.63) is 122 Å². The van der Waals surface area contributed by atoms with E-state index in [-0.39, 0.29) is 52.8 Å². The summed E-state index contributed by atoms with van der Waals surface area (Å²) in [4.78, 5) is 82.8. The zero-order valence-electron chi connectivity index (χ0n) is 36.2. The Hall–Kier alpha value is -6.03. The Morgan fingerprint density at radius 2 is 1.62 bits per heavy atom. The van der Waals surface area contributed by atoms with E-state index in [0.717, 1.165) is 37.8 Å². The van der Waals surface area contributed by atoms with Crippen LogP contribution in [-0.4, -0.2) is 74.8 Å². The predicted molar refractivity (Wildman–Crippen MR) is 249 cm³/mol. The van der Waals surface area contributed by atoms with Gasteiger partial charge in [0.25, 0.3) is 5.91 Å². The normalized spacial score (nSPS) is 23.8. The minimum atomic E-state index is -1.36. The number of hydrogen-bond acceptors (Lipinski definition) is 8. The number of carbonyl (C=O) groups excluding carboxylic acids is 5. The largest absolute Gasteiger partial charge is 0.383 e. The quantitative estimate of drug-likeness (QED) is 0.103. The molecule has 1 aliphatic carbocycles. The third kappa shape index (κ3) is 7.08. The molecular weight excluding hydrogens is 886 g/mol. The van der Waals surface area contributed by atoms with Gasteiger partial charge in [0.2, 0.25) is 23.6 Å². The number of rotatable bonds is 8. The fourth-order valence-corrected chi connectivity index (χ4v) is 12.1. The molecule has 5 heterocycles. The molecule has 1 saturated carbocycles. The van der Waals surface area contributed by atoms with Gasteiger partial charge >= 0.3 is 5.69 Å². The third-order valence-electron chi connectivity index (χ3n) is 14.8. The lowest BCUT2D eigenvalue weighted by Gasteiger charge is -2.47. The van der Waals surface area contributed by atoms with Gasteiger partial charge in [-0.2, -0.15) is 0 Å². The molecule has 66 heavy (non-hydrogen) atoms. The minimum absolute atomic E-state index is 0.106. The van der Waals surface area contributed by atoms with Gasteiger partial charge in [-0.05, 0) is 104 Å². The van der Waals surface area contributed by atoms with Gasteiger partial charge in [-0.25, -0.2) is 9.18 Å². The van der Waals surface area contributed by atoms with E-state index in [1.807, 2.05) is 23.1 Å². The van der Waals surface area contributed by atoms with E-state index >= 15 is 4.39 Å². The minimum Gasteiger partial charge on any atom is -0.383 e. The van der Waals surface area contributed by atoms with E-state index < -0.39 is 46.6 Å². The molecule has 1 aromatic heterocycles. The zero-order chi connectivity index (χ0) is 46.1. The summed E-state index contributed by atoms with van der Waals surface area (Å²) in [5.74, 6) is -3.14. The fraction of sp³-hybridized carbons (Fsp3) is 0.388. The maximum atomic E-state index is 16.3. The first-order valence-electron chi connectivity index (χ1n) is 22.6. The van der Waals surface area contributed by atoms with Crippen molar-refractivity contribution in [2.24, 2.45) is 13.0 Å². The van der Waals surface area contributed by atoms with Gasteiger partial charge < -0.3 is 20.9 Å². The van der Waals surface area contributed by atoms with Gasteiger partial charge in [-0.3, -0.25) is 43.7 Å². The number of piperidine rings is 2. The van der Waals surface area contributed by atoms with Crippen molar-refractivity contribution >= 4 is 80.8 Å². The molecule has 4 aromatic carbocycles. The molecule has 5 aliphatic rings. The van der Waals surface area contributed by atoms with Crippen molar-refractivity contribution in [2.45, 2.75) is 86.7 Å². The Balaban J connectivity index is 0.826. The van der Waals surface area contributed by atoms with Crippen molar-refractivity contribution < 1.29 is 28.4 Å². The van der Waals surface area contributed by atoms with Gasteiger partial charge in [0, 0.05) is 66.5 Å². The summed E-state index contributed by atoms with van der Waals surface area (Å²) < 4.78 is 19.3. The number of fused-ring (bicyclic) bond motifs is 4. The highest BCUT2D eigenvalue weighted by Crippen LogP contribution is 2.63. The predicted octanol–water partition coefficient (Wildman–Crippen LogP) is 7.02. The lowest BCUT2D eigenvalue weighted by atomic mass is 9.55. The van der Waals surface area contributed by atoms with E-state index in [9.17, 15) is 28.8 Å². The van der Waals surface area contributed by atoms with Crippen molar-refractivity contribution in [3.8, 4) is 0 Å². The van der Waals surface area contributed by atoms with Crippen LogP contribution in [0.5, 0.6) is 0 Å². The summed E-state index contributed by atoms with van der Waals surface area (Å²) in [5.41, 5.74) is 1.74. The second-order valence-corrected chi connectivity index (χ2v) is 19.2. The maximum Gasteiger partial charge on any atom is 0.329 e. The summed E-state index contributed by atoms with van der Waals surface area (Å²) in [6.45, 7) is 1.70. The van der Waals surface area contributed by atoms with E-state index in [0.29, 0.717) is 71.0 Å². The number of aromatic nitrogens is 2. The average molecular weight is 936 g/mol. The van der Waals surface area contributed by atoms with Crippen LogP contribution in [0.25, 0.3) is 11.0 Å². The summed E-state index contributed by atoms with van der Waals surface area (Å²) in [6.07, 6.45) is 5.71. The number of anilines is 3. The lowest BCUT2D eigenvalue weighted by molar-refractivity contribution is -0.135. The number of nitrogens with one attached hydrogen (secondary N) is 5. The smallest absolute Gasteiger partial charge is 0.329 e. The van der Waals surface area contributed by atoms with E-state index in [1.165, 1.54) is 15.2 Å². The average Bonchev–Trinajstić information content (AvgIpc) is 3.87. The van der Waals surface area contributed by atoms with Crippen molar-refractivity contribution in [1.29, 1.82) is 0 Å². The number of amides is 5. The van der Waals surface area contributed by atoms with Crippen LogP contribution in [0.1, 0.15) is 91.2 Å². The van der Waals surface area contributed by atoms with Gasteiger partial charge in [0.05, 0.1) is 27.8 Å². The lowest BCUT2D eigenvalue weighted by Crippen LogP contribution is -2.60. The summed E-state index contributed by atoms with van der Waals surface area (Å²) >= 11 is 12.8. The van der Waals surface area contributed by atoms with Gasteiger partial charge in [0.15, 0.2) is 0 Å². The fourth-order valence-electron chi connectivity index (χ4n) is 11.7. The molecule has 1 unspecified atom stereocenters. The molecule has 3 saturated heterocycles. The highest BCUT2D eigenvalue weighted by Gasteiger charge is 2.72. The number of nitrogens with zero attached hydrogens (tertiary/aromatic N) is 3. The number of halogens is 3. The number of carbonyl (C=O) groups is 5. The summed E-state index contributed by atoms with van der Waals surface area (Å²) in [6, 6.07) is 20.4. The summed E-state index contributed by atoms with van der Waals surface area (Å²) in [7, 11) is 1.67. The van der Waals surface area contributed by atoms with Crippen LogP contribution in [0.2, 0.25) is 10.0 Å². The molecule has 2 spiro atoms. The van der Waals surface area contributed by atoms with Crippen LogP contribution >= 0.6 is 23.2 Å². The SMILES string of the molecule is Cn1c(=O)n(C2CCC(=O)NC2=O)c2cccc(NCC3CCN(C(=O)c4ccc(NC(=O)[C@@H]5NC6(CCCCC6)[C@@]6(C(=O)Nc7cc(Cl)ccc76)[C@H]5c5cccc(Cl)c5F)cc4)CC3)c21. The van der Waals surface area contributed by atoms with Crippen LogP contribution in [-0.2, 0) is 31.6 Å². The van der Waals surface area contributed by atoms with Crippen LogP contribution in [0.4, 0.5) is 21.5 Å². The molecule has 4 atom stereocenters. The molecule has 0 bridgehead atoms. The third-order valence-corrected chi connectivity index (χ3v) is 15.3. The highest BCUT2D eigenvalue weighted by molar-refractivity contribution is 6.31. The molecule has 10 rings (SSSR count). The standard InChI is InChI=1S/C49H49Cl2FN8O6/c1-58-42-34(9-6-10-36(42)60(47(58)66)37-17-18-38(61)56-43(37)62)53-26-27-19-23-59(24-20-27)45(64)28-11-14-30(15-12-28)54-44(63)41-39(31-7-5-8-33(51)40(31)52)49(48(57-41)21-3-2-4-22-48)32-16-13-29(50)25-35(32)55-46(49)65/h5-16,25,27,37,39,41,53,57H,2-4,17-24,26H2,1H3,(H,54,63)(H,55,65)(H,56,61,62)/t37?,39-,41+,49+/m0/s1. The molecule has 14 nitrogen and oxygen atoms in total. The molecule has 342 valence electrons. The highest BCUT2D eigenvalue weighted by atomic mass is 35.5. The van der Waals surface area contributed by atoms with Crippen molar-refractivity contribution in [2.75, 3.05) is 35.6 Å². The monoisotopic (exact) mass is 934 g/mol. The number of hydrogen-bond donors (Lipinski definition) is 5. The molecule has 5 aromatic rings. The molecule has 4 aliphatic heterocycles. The van der Waals surface area contributed by atoms with Gasteiger partial charge in [-0.1, -0.05) is 66.7 Å². The Labute approximate surface area is 389 Å². The first kappa shape index (κ1) is 43.8. The topological polar surface area (TPSA) is 176 Å². The Kier molecular flexibility index (Phi) is 11.3. The van der Waals surface area contributed by atoms with E-state index in [2.05, 4.69) is 26.6 Å². The first-order chi connectivity index (χ1) is 31.8. The van der Waals surface area contributed by atoms with E-state index in [1.54, 1.807) is 61.6 Å². The Morgan fingerprint density at radius 1 is 0.879 bits per heavy atom. The molecule has 17 heteroatoms. The molecule has 5 N–H and O–H groups in total. The second-order valence-electron chi connectivity index (χ2n) is 18.4. The number of imidazole rings is 1. The number of aryl methyl sites for hydroxylation is 1. The van der Waals surface area contributed by atoms with Gasteiger partial charge in [-0.15, -0.1) is 0 Å². The van der Waals surface area contributed by atoms with Crippen LogP contribution in [0, 0.1) is 11.7 Å². The van der Waals surface area contributed by atoms with Crippen LogP contribution in [0.3, 0.4) is 0 Å². The zero-order valence-corrected chi connectivity index (χ0v) is 37.7. The molecular formula is C49H49Cl2FN8O6. The van der Waals surface area contributed by atoms with Crippen molar-refractivity contribution in [3.63, 3.8) is 0 Å². The number of para-hydroxylation sites is 1. The number of benzene rings is 4. The van der Waals surface area contributed by atoms with Gasteiger partial charge in [0.1, 0.15) is 17.3 Å². The summed E-state index contributed by atoms with van der Waals surface area (Å²) in [5, 5.41) is 15.9. The number of imide groups is 1. The Morgan fingerprint density at radius 3 is 2.36 bits per heavy atom. The molecule has 0 radical (unpaired) electrons. The molecule has 5 amide bonds. The molecule has 4 fully saturated rings.